The summed E-state index contributed by atoms with van der Waals surface area (Å²) in [6.07, 6.45) is 0. The van der Waals surface area contributed by atoms with Crippen molar-refractivity contribution in [2.45, 2.75) is 19.3 Å². The molecule has 9 aromatic carbocycles. The molecule has 13 rings (SSSR count). The maximum absolute atomic E-state index is 6.47. The molecule has 0 amide bonds. The first kappa shape index (κ1) is 31.0. The van der Waals surface area contributed by atoms with Gasteiger partial charge in [0.05, 0.1) is 22.4 Å². The third-order valence-corrected chi connectivity index (χ3v) is 12.7. The summed E-state index contributed by atoms with van der Waals surface area (Å²) in [5.41, 5.74) is 10.0. The van der Waals surface area contributed by atoms with Gasteiger partial charge in [-0.1, -0.05) is 153 Å². The van der Waals surface area contributed by atoms with Crippen molar-refractivity contribution in [2.24, 2.45) is 0 Å². The monoisotopic (exact) mass is 727 g/mol. The summed E-state index contributed by atoms with van der Waals surface area (Å²) < 4.78 is 8.81. The van der Waals surface area contributed by atoms with Crippen molar-refractivity contribution < 1.29 is 4.42 Å². The zero-order valence-electron chi connectivity index (χ0n) is 31.3. The largest absolute Gasteiger partial charge is 0.456 e. The van der Waals surface area contributed by atoms with Gasteiger partial charge in [0.1, 0.15) is 11.2 Å². The van der Waals surface area contributed by atoms with Crippen LogP contribution < -0.4 is 0 Å². The summed E-state index contributed by atoms with van der Waals surface area (Å²) in [6, 6.07) is 59.1. The molecule has 0 spiro atoms. The predicted molar refractivity (Wildman–Crippen MR) is 237 cm³/mol. The molecule has 12 aromatic rings. The van der Waals surface area contributed by atoms with Crippen LogP contribution in [0, 0.1) is 0 Å². The summed E-state index contributed by atoms with van der Waals surface area (Å²) in [7, 11) is 0. The van der Waals surface area contributed by atoms with E-state index in [2.05, 4.69) is 170 Å². The average molecular weight is 728 g/mol. The topological polar surface area (TPSA) is 43.9 Å². The number of hydrogen-bond acceptors (Lipinski definition) is 3. The molecule has 1 aliphatic carbocycles. The van der Waals surface area contributed by atoms with Crippen molar-refractivity contribution in [1.29, 1.82) is 0 Å². The van der Waals surface area contributed by atoms with E-state index in [4.69, 9.17) is 14.4 Å². The molecule has 0 atom stereocenters. The lowest BCUT2D eigenvalue weighted by Crippen LogP contribution is -2.18. The molecule has 3 heterocycles. The number of benzene rings is 9. The highest BCUT2D eigenvalue weighted by Gasteiger charge is 2.40. The maximum atomic E-state index is 6.47. The number of fused-ring (bicyclic) bond motifs is 18. The first-order valence-electron chi connectivity index (χ1n) is 19.7. The van der Waals surface area contributed by atoms with Crippen molar-refractivity contribution in [2.75, 3.05) is 0 Å². The molecular weight excluding hydrogens is 695 g/mol. The lowest BCUT2D eigenvalue weighted by atomic mass is 9.85. The van der Waals surface area contributed by atoms with Gasteiger partial charge in [-0.15, -0.1) is 0 Å². The Morgan fingerprint density at radius 1 is 0.491 bits per heavy atom. The Hall–Kier alpha value is -7.30. The normalized spacial score (nSPS) is 13.6. The second-order valence-corrected chi connectivity index (χ2v) is 16.1. The van der Waals surface area contributed by atoms with E-state index >= 15 is 0 Å². The Balaban J connectivity index is 1.21. The Morgan fingerprint density at radius 2 is 1.11 bits per heavy atom. The smallest absolute Gasteiger partial charge is 0.235 e. The van der Waals surface area contributed by atoms with Crippen molar-refractivity contribution in [1.82, 2.24) is 14.5 Å². The van der Waals surface area contributed by atoms with Gasteiger partial charge < -0.3 is 4.42 Å². The van der Waals surface area contributed by atoms with Crippen LogP contribution in [-0.2, 0) is 5.41 Å². The number of aromatic nitrogens is 3. The molecule has 4 heteroatoms. The minimum Gasteiger partial charge on any atom is -0.456 e. The first-order chi connectivity index (χ1) is 28.0. The summed E-state index contributed by atoms with van der Waals surface area (Å²) in [5.74, 6) is 0.662. The van der Waals surface area contributed by atoms with Crippen molar-refractivity contribution in [3.8, 4) is 28.3 Å². The van der Waals surface area contributed by atoms with E-state index in [1.165, 1.54) is 65.0 Å². The molecule has 4 nitrogen and oxygen atoms in total. The fourth-order valence-electron chi connectivity index (χ4n) is 10.2. The van der Waals surface area contributed by atoms with Crippen LogP contribution >= 0.6 is 0 Å². The van der Waals surface area contributed by atoms with Gasteiger partial charge in [0, 0.05) is 48.9 Å². The number of nitrogens with zero attached hydrogens (tertiary/aromatic N) is 3. The van der Waals surface area contributed by atoms with Gasteiger partial charge in [-0.3, -0.25) is 4.57 Å². The van der Waals surface area contributed by atoms with E-state index in [-0.39, 0.29) is 5.41 Å². The van der Waals surface area contributed by atoms with E-state index in [0.717, 1.165) is 55.5 Å². The van der Waals surface area contributed by atoms with Crippen LogP contribution in [0.1, 0.15) is 25.1 Å². The highest BCUT2D eigenvalue weighted by atomic mass is 16.3. The SMILES string of the molecule is CC1(C)c2ccccc2-c2c(-c3ccc4c(c3)oc3ccccc34)nc(-n3c4ccc5c6ccccc6c6ccccc6c5c4c4ccc5ccccc5c43)nc21. The molecule has 0 N–H and O–H groups in total. The summed E-state index contributed by atoms with van der Waals surface area (Å²) >= 11 is 0. The van der Waals surface area contributed by atoms with E-state index < -0.39 is 0 Å². The minimum absolute atomic E-state index is 0.357. The average Bonchev–Trinajstić information content (AvgIpc) is 3.88. The third kappa shape index (κ3) is 4.01. The van der Waals surface area contributed by atoms with Crippen molar-refractivity contribution in [3.05, 3.63) is 175 Å². The standard InChI is InChI=1S/C53H33N3O/c1-53(2)42-21-11-9-20-40(42)48-49(31-24-25-37-36-18-10-12-22-44(36)57-45(37)29-31)54-52(55-51(48)53)56-43-28-27-39-35-17-6-5-15-33(35)34-16-7-8-19-38(34)46(39)47(43)41-26-23-30-13-3-4-14-32(30)50(41)56/h3-29H,1-2H3. The number of furan rings is 1. The molecule has 3 aromatic heterocycles. The van der Waals surface area contributed by atoms with Gasteiger partial charge in [-0.2, -0.15) is 0 Å². The van der Waals surface area contributed by atoms with Gasteiger partial charge in [0.15, 0.2) is 0 Å². The molecule has 1 aliphatic rings. The van der Waals surface area contributed by atoms with Crippen LogP contribution in [0.4, 0.5) is 0 Å². The zero-order chi connectivity index (χ0) is 37.6. The van der Waals surface area contributed by atoms with E-state index in [1.807, 2.05) is 12.1 Å². The van der Waals surface area contributed by atoms with Crippen molar-refractivity contribution in [3.63, 3.8) is 0 Å². The van der Waals surface area contributed by atoms with E-state index in [0.29, 0.717) is 5.95 Å². The van der Waals surface area contributed by atoms with Gasteiger partial charge in [-0.05, 0) is 67.7 Å². The summed E-state index contributed by atoms with van der Waals surface area (Å²) in [5, 5.41) is 14.5. The highest BCUT2D eigenvalue weighted by Crippen LogP contribution is 2.52. The van der Waals surface area contributed by atoms with Crippen LogP contribution in [0.2, 0.25) is 0 Å². The molecule has 0 saturated heterocycles. The van der Waals surface area contributed by atoms with Gasteiger partial charge >= 0.3 is 0 Å². The van der Waals surface area contributed by atoms with Crippen LogP contribution in [0.3, 0.4) is 0 Å². The molecule has 0 unspecified atom stereocenters. The number of para-hydroxylation sites is 1. The van der Waals surface area contributed by atoms with E-state index in [1.54, 1.807) is 0 Å². The molecule has 0 bridgehead atoms. The number of rotatable bonds is 2. The Kier molecular flexibility index (Phi) is 5.94. The first-order valence-corrected chi connectivity index (χ1v) is 19.7. The lowest BCUT2D eigenvalue weighted by Gasteiger charge is -2.21. The lowest BCUT2D eigenvalue weighted by molar-refractivity contribution is 0.632. The minimum atomic E-state index is -0.357. The second-order valence-electron chi connectivity index (χ2n) is 16.1. The van der Waals surface area contributed by atoms with Gasteiger partial charge in [-0.25, -0.2) is 9.97 Å². The van der Waals surface area contributed by atoms with Crippen LogP contribution in [0.15, 0.2) is 168 Å². The zero-order valence-corrected chi connectivity index (χ0v) is 31.3. The van der Waals surface area contributed by atoms with Crippen LogP contribution in [0.5, 0.6) is 0 Å². The van der Waals surface area contributed by atoms with Gasteiger partial charge in [0.2, 0.25) is 5.95 Å². The molecule has 0 radical (unpaired) electrons. The Bertz CT molecular complexity index is 3700. The quantitative estimate of drug-likeness (QED) is 0.167. The summed E-state index contributed by atoms with van der Waals surface area (Å²) in [4.78, 5) is 11.4. The second kappa shape index (κ2) is 10.9. The van der Waals surface area contributed by atoms with Crippen LogP contribution in [-0.4, -0.2) is 14.5 Å². The van der Waals surface area contributed by atoms with E-state index in [9.17, 15) is 0 Å². The molecular formula is C53H33N3O. The van der Waals surface area contributed by atoms with Gasteiger partial charge in [0.25, 0.3) is 0 Å². The fourth-order valence-corrected chi connectivity index (χ4v) is 10.2. The maximum Gasteiger partial charge on any atom is 0.235 e. The molecule has 266 valence electrons. The molecule has 0 saturated carbocycles. The molecule has 0 aliphatic heterocycles. The Labute approximate surface area is 327 Å². The summed E-state index contributed by atoms with van der Waals surface area (Å²) in [6.45, 7) is 4.60. The molecule has 57 heavy (non-hydrogen) atoms. The fraction of sp³-hybridized carbons (Fsp3) is 0.0566. The van der Waals surface area contributed by atoms with Crippen LogP contribution in [0.25, 0.3) is 115 Å². The third-order valence-electron chi connectivity index (χ3n) is 12.7. The Morgan fingerprint density at radius 3 is 1.93 bits per heavy atom. The highest BCUT2D eigenvalue weighted by molar-refractivity contribution is 6.36. The number of hydrogen-bond donors (Lipinski definition) is 0. The molecule has 0 fully saturated rings. The predicted octanol–water partition coefficient (Wildman–Crippen LogP) is 14.1. The van der Waals surface area contributed by atoms with Crippen molar-refractivity contribution >= 4 is 86.8 Å².